The van der Waals surface area contributed by atoms with Crippen LogP contribution in [-0.4, -0.2) is 48.1 Å². The maximum absolute atomic E-state index is 5.54. The Kier molecular flexibility index (Phi) is 4.15. The number of nitrogens with zero attached hydrogens (tertiary/aromatic N) is 4. The fraction of sp³-hybridized carbons (Fsp3) is 0.714. The van der Waals surface area contributed by atoms with Crippen molar-refractivity contribution in [3.05, 3.63) is 11.9 Å². The zero-order valence-corrected chi connectivity index (χ0v) is 13.1. The maximum atomic E-state index is 5.54. The lowest BCUT2D eigenvalue weighted by molar-refractivity contribution is 0.315. The summed E-state index contributed by atoms with van der Waals surface area (Å²) in [5.74, 6) is 7.99. The van der Waals surface area contributed by atoms with Gasteiger partial charge in [-0.1, -0.05) is 20.8 Å². The lowest BCUT2D eigenvalue weighted by Crippen LogP contribution is -2.32. The number of hydrogen-bond donors (Lipinski definition) is 2. The van der Waals surface area contributed by atoms with Crippen LogP contribution in [0.2, 0.25) is 0 Å². The second kappa shape index (κ2) is 5.54. The summed E-state index contributed by atoms with van der Waals surface area (Å²) in [6.45, 7) is 8.35. The molecular weight excluding hydrogens is 252 g/mol. The molecule has 0 bridgehead atoms. The Bertz CT molecular complexity index is 465. The molecule has 0 radical (unpaired) electrons. The van der Waals surface area contributed by atoms with E-state index >= 15 is 0 Å². The van der Waals surface area contributed by atoms with Gasteiger partial charge in [0, 0.05) is 30.6 Å². The molecule has 1 atom stereocenters. The van der Waals surface area contributed by atoms with Gasteiger partial charge in [0.05, 0.1) is 0 Å². The third-order valence-corrected chi connectivity index (χ3v) is 3.75. The first-order valence-electron chi connectivity index (χ1n) is 7.09. The van der Waals surface area contributed by atoms with Gasteiger partial charge in [0.25, 0.3) is 0 Å². The number of nitrogens with one attached hydrogen (secondary N) is 1. The van der Waals surface area contributed by atoms with Crippen LogP contribution in [0.3, 0.4) is 0 Å². The van der Waals surface area contributed by atoms with Crippen molar-refractivity contribution < 1.29 is 0 Å². The largest absolute Gasteiger partial charge is 0.355 e. The molecule has 0 aromatic carbocycles. The minimum atomic E-state index is -0.0950. The molecule has 1 aliphatic rings. The zero-order valence-electron chi connectivity index (χ0n) is 13.1. The molecule has 1 aromatic rings. The molecule has 0 saturated carbocycles. The summed E-state index contributed by atoms with van der Waals surface area (Å²) >= 11 is 0. The van der Waals surface area contributed by atoms with Gasteiger partial charge in [0.15, 0.2) is 0 Å². The molecule has 1 aromatic heterocycles. The predicted octanol–water partition coefficient (Wildman–Crippen LogP) is 1.20. The number of hydrazine groups is 1. The van der Waals surface area contributed by atoms with Crippen LogP contribution in [0.5, 0.6) is 0 Å². The Morgan fingerprint density at radius 1 is 1.35 bits per heavy atom. The summed E-state index contributed by atoms with van der Waals surface area (Å²) in [4.78, 5) is 13.8. The van der Waals surface area contributed by atoms with Crippen LogP contribution in [0.4, 0.5) is 11.6 Å². The van der Waals surface area contributed by atoms with E-state index in [1.807, 2.05) is 6.07 Å². The van der Waals surface area contributed by atoms with E-state index in [2.05, 4.69) is 55.1 Å². The number of nitrogens with two attached hydrogens (primary N) is 1. The van der Waals surface area contributed by atoms with Crippen LogP contribution in [0, 0.1) is 0 Å². The minimum absolute atomic E-state index is 0.0950. The highest BCUT2D eigenvalue weighted by Gasteiger charge is 2.27. The molecule has 112 valence electrons. The lowest BCUT2D eigenvalue weighted by atomic mass is 9.96. The normalized spacial score (nSPS) is 19.8. The molecule has 3 N–H and O–H groups in total. The second-order valence-corrected chi connectivity index (χ2v) is 6.68. The first-order chi connectivity index (χ1) is 9.31. The standard InChI is InChI=1S/C14H26N6/c1-14(2,3)13-16-11(18-15)8-12(17-13)20-7-6-10(9-20)19(4)5/h8,10H,6-7,9,15H2,1-5H3,(H,16,17,18). The van der Waals surface area contributed by atoms with Crippen molar-refractivity contribution in [1.29, 1.82) is 0 Å². The number of likely N-dealkylation sites (N-methyl/N-ethyl adjacent to an activating group) is 1. The van der Waals surface area contributed by atoms with Crippen molar-refractivity contribution >= 4 is 11.6 Å². The van der Waals surface area contributed by atoms with Crippen molar-refractivity contribution in [2.45, 2.75) is 38.6 Å². The van der Waals surface area contributed by atoms with Gasteiger partial charge in [0.1, 0.15) is 17.5 Å². The van der Waals surface area contributed by atoms with Gasteiger partial charge in [-0.15, -0.1) is 0 Å². The highest BCUT2D eigenvalue weighted by Crippen LogP contribution is 2.26. The highest BCUT2D eigenvalue weighted by atomic mass is 15.3. The van der Waals surface area contributed by atoms with Gasteiger partial charge in [-0.25, -0.2) is 15.8 Å². The molecule has 20 heavy (non-hydrogen) atoms. The highest BCUT2D eigenvalue weighted by molar-refractivity contribution is 5.50. The smallest absolute Gasteiger partial charge is 0.145 e. The summed E-state index contributed by atoms with van der Waals surface area (Å²) in [5, 5.41) is 0. The Balaban J connectivity index is 2.28. The van der Waals surface area contributed by atoms with Crippen LogP contribution in [0.1, 0.15) is 33.0 Å². The predicted molar refractivity (Wildman–Crippen MR) is 82.8 cm³/mol. The maximum Gasteiger partial charge on any atom is 0.145 e. The van der Waals surface area contributed by atoms with E-state index in [1.165, 1.54) is 0 Å². The Morgan fingerprint density at radius 2 is 2.05 bits per heavy atom. The van der Waals surface area contributed by atoms with Crippen LogP contribution in [0.25, 0.3) is 0 Å². The monoisotopic (exact) mass is 278 g/mol. The number of hydrogen-bond acceptors (Lipinski definition) is 6. The molecule has 2 rings (SSSR count). The number of rotatable bonds is 3. The van der Waals surface area contributed by atoms with Crippen LogP contribution < -0.4 is 16.2 Å². The van der Waals surface area contributed by atoms with E-state index in [9.17, 15) is 0 Å². The van der Waals surface area contributed by atoms with Crippen molar-refractivity contribution in [2.24, 2.45) is 5.84 Å². The third kappa shape index (κ3) is 3.19. The van der Waals surface area contributed by atoms with Gasteiger partial charge in [-0.2, -0.15) is 0 Å². The lowest BCUT2D eigenvalue weighted by Gasteiger charge is -2.24. The molecule has 6 nitrogen and oxygen atoms in total. The minimum Gasteiger partial charge on any atom is -0.355 e. The number of anilines is 2. The number of aromatic nitrogens is 2. The molecule has 1 saturated heterocycles. The van der Waals surface area contributed by atoms with Gasteiger partial charge < -0.3 is 15.2 Å². The van der Waals surface area contributed by atoms with Crippen molar-refractivity contribution in [3.8, 4) is 0 Å². The van der Waals surface area contributed by atoms with Crippen molar-refractivity contribution in [3.63, 3.8) is 0 Å². The molecule has 0 aliphatic carbocycles. The van der Waals surface area contributed by atoms with E-state index in [0.717, 1.165) is 31.2 Å². The molecule has 0 amide bonds. The van der Waals surface area contributed by atoms with Crippen LogP contribution in [0.15, 0.2) is 6.07 Å². The molecule has 6 heteroatoms. The van der Waals surface area contributed by atoms with E-state index < -0.39 is 0 Å². The van der Waals surface area contributed by atoms with E-state index in [4.69, 9.17) is 10.8 Å². The molecule has 1 unspecified atom stereocenters. The summed E-state index contributed by atoms with van der Waals surface area (Å²) in [6.07, 6.45) is 1.16. The molecule has 1 aliphatic heterocycles. The first-order valence-corrected chi connectivity index (χ1v) is 7.09. The molecular formula is C14H26N6. The van der Waals surface area contributed by atoms with E-state index in [1.54, 1.807) is 0 Å². The Labute approximate surface area is 121 Å². The topological polar surface area (TPSA) is 70.3 Å². The zero-order chi connectivity index (χ0) is 14.9. The van der Waals surface area contributed by atoms with Gasteiger partial charge >= 0.3 is 0 Å². The van der Waals surface area contributed by atoms with E-state index in [0.29, 0.717) is 11.9 Å². The van der Waals surface area contributed by atoms with Gasteiger partial charge in [-0.3, -0.25) is 0 Å². The molecule has 2 heterocycles. The SMILES string of the molecule is CN(C)C1CCN(c2cc(NN)nc(C(C)(C)C)n2)C1. The quantitative estimate of drug-likeness (QED) is 0.639. The van der Waals surface area contributed by atoms with Gasteiger partial charge in [0.2, 0.25) is 0 Å². The first kappa shape index (κ1) is 15.0. The second-order valence-electron chi connectivity index (χ2n) is 6.68. The summed E-state index contributed by atoms with van der Waals surface area (Å²) in [6, 6.07) is 2.50. The summed E-state index contributed by atoms with van der Waals surface area (Å²) in [5.41, 5.74) is 2.55. The molecule has 1 fully saturated rings. The number of nitrogen functional groups attached to an aromatic ring is 1. The van der Waals surface area contributed by atoms with E-state index in [-0.39, 0.29) is 5.41 Å². The van der Waals surface area contributed by atoms with Crippen molar-refractivity contribution in [2.75, 3.05) is 37.5 Å². The fourth-order valence-corrected chi connectivity index (χ4v) is 2.38. The van der Waals surface area contributed by atoms with Crippen molar-refractivity contribution in [1.82, 2.24) is 14.9 Å². The Hall–Kier alpha value is -1.40. The average molecular weight is 278 g/mol. The molecule has 0 spiro atoms. The van der Waals surface area contributed by atoms with Crippen LogP contribution in [-0.2, 0) is 5.41 Å². The fourth-order valence-electron chi connectivity index (χ4n) is 2.38. The Morgan fingerprint density at radius 3 is 2.55 bits per heavy atom. The third-order valence-electron chi connectivity index (χ3n) is 3.75. The summed E-state index contributed by atoms with van der Waals surface area (Å²) in [7, 11) is 4.25. The summed E-state index contributed by atoms with van der Waals surface area (Å²) < 4.78 is 0. The van der Waals surface area contributed by atoms with Gasteiger partial charge in [-0.05, 0) is 20.5 Å². The average Bonchev–Trinajstić information content (AvgIpc) is 2.87. The van der Waals surface area contributed by atoms with Crippen LogP contribution >= 0.6 is 0 Å².